The second kappa shape index (κ2) is 7.29. The number of aryl methyl sites for hydroxylation is 1. The normalized spacial score (nSPS) is 12.9. The number of ether oxygens (including phenoxy) is 1. The maximum absolute atomic E-state index is 11.0. The van der Waals surface area contributed by atoms with Crippen LogP contribution in [0, 0.1) is 0 Å². The number of pyridine rings is 2. The zero-order valence-electron chi connectivity index (χ0n) is 15.5. The standard InChI is InChI=1S/C22H17ClN4O2/c23-20(28)13-29-14-6-7-15-16(8-10-25-18(15)12-14)21-19-5-3-11-27(19)26-22(21)17-4-1-2-9-24-17/h1-2,4,6-10,12H,3,5,11,13H2. The number of aromatic nitrogens is 4. The van der Waals surface area contributed by atoms with Crippen LogP contribution >= 0.6 is 11.6 Å². The van der Waals surface area contributed by atoms with Gasteiger partial charge in [0.15, 0.2) is 6.61 Å². The molecule has 0 spiro atoms. The highest BCUT2D eigenvalue weighted by molar-refractivity contribution is 6.63. The quantitative estimate of drug-likeness (QED) is 0.465. The van der Waals surface area contributed by atoms with E-state index in [-0.39, 0.29) is 6.61 Å². The van der Waals surface area contributed by atoms with Gasteiger partial charge in [0.25, 0.3) is 5.24 Å². The summed E-state index contributed by atoms with van der Waals surface area (Å²) in [5.74, 6) is 0.557. The van der Waals surface area contributed by atoms with Gasteiger partial charge in [-0.1, -0.05) is 6.07 Å². The van der Waals surface area contributed by atoms with Gasteiger partial charge in [0.05, 0.1) is 11.2 Å². The van der Waals surface area contributed by atoms with E-state index in [0.29, 0.717) is 5.75 Å². The van der Waals surface area contributed by atoms with E-state index in [0.717, 1.165) is 52.8 Å². The van der Waals surface area contributed by atoms with Gasteiger partial charge in [0.1, 0.15) is 11.4 Å². The Hall–Kier alpha value is -3.25. The second-order valence-electron chi connectivity index (χ2n) is 6.89. The third-order valence-electron chi connectivity index (χ3n) is 5.08. The highest BCUT2D eigenvalue weighted by Gasteiger charge is 2.25. The van der Waals surface area contributed by atoms with Crippen LogP contribution in [0.2, 0.25) is 0 Å². The van der Waals surface area contributed by atoms with E-state index in [4.69, 9.17) is 21.4 Å². The van der Waals surface area contributed by atoms with Crippen LogP contribution in [-0.4, -0.2) is 31.6 Å². The van der Waals surface area contributed by atoms with Crippen LogP contribution in [0.15, 0.2) is 54.9 Å². The lowest BCUT2D eigenvalue weighted by atomic mass is 9.96. The first-order valence-electron chi connectivity index (χ1n) is 9.42. The van der Waals surface area contributed by atoms with Gasteiger partial charge in [-0.05, 0) is 60.3 Å². The minimum atomic E-state index is -0.540. The van der Waals surface area contributed by atoms with Crippen molar-refractivity contribution in [2.75, 3.05) is 6.61 Å². The van der Waals surface area contributed by atoms with Gasteiger partial charge in [-0.15, -0.1) is 0 Å². The number of carbonyl (C=O) groups is 1. The smallest absolute Gasteiger partial charge is 0.259 e. The van der Waals surface area contributed by atoms with Crippen molar-refractivity contribution in [1.82, 2.24) is 19.7 Å². The van der Waals surface area contributed by atoms with Crippen molar-refractivity contribution in [1.29, 1.82) is 0 Å². The van der Waals surface area contributed by atoms with Crippen molar-refractivity contribution < 1.29 is 9.53 Å². The van der Waals surface area contributed by atoms with Crippen molar-refractivity contribution in [3.05, 3.63) is 60.6 Å². The molecule has 144 valence electrons. The summed E-state index contributed by atoms with van der Waals surface area (Å²) in [7, 11) is 0. The molecule has 0 radical (unpaired) electrons. The maximum Gasteiger partial charge on any atom is 0.259 e. The molecule has 0 N–H and O–H groups in total. The highest BCUT2D eigenvalue weighted by atomic mass is 35.5. The van der Waals surface area contributed by atoms with Crippen molar-refractivity contribution in [3.63, 3.8) is 0 Å². The fraction of sp³-hybridized carbons (Fsp3) is 0.182. The van der Waals surface area contributed by atoms with Gasteiger partial charge in [-0.2, -0.15) is 5.10 Å². The fourth-order valence-corrected chi connectivity index (χ4v) is 3.93. The molecule has 1 aliphatic rings. The van der Waals surface area contributed by atoms with E-state index in [1.165, 1.54) is 5.69 Å². The lowest BCUT2D eigenvalue weighted by Crippen LogP contribution is -2.04. The topological polar surface area (TPSA) is 69.9 Å². The first-order chi connectivity index (χ1) is 14.2. The lowest BCUT2D eigenvalue weighted by Gasteiger charge is -2.10. The molecule has 0 atom stereocenters. The molecule has 0 bridgehead atoms. The molecule has 0 aliphatic carbocycles. The predicted octanol–water partition coefficient (Wildman–Crippen LogP) is 4.25. The van der Waals surface area contributed by atoms with E-state index in [1.54, 1.807) is 12.4 Å². The lowest BCUT2D eigenvalue weighted by molar-refractivity contribution is -0.113. The molecular weight excluding hydrogens is 388 g/mol. The molecular formula is C22H17ClN4O2. The Morgan fingerprint density at radius 1 is 1.14 bits per heavy atom. The van der Waals surface area contributed by atoms with Gasteiger partial charge in [0.2, 0.25) is 0 Å². The molecule has 5 rings (SSSR count). The fourth-order valence-electron chi connectivity index (χ4n) is 3.87. The molecule has 4 heterocycles. The summed E-state index contributed by atoms with van der Waals surface area (Å²) in [6.07, 6.45) is 5.65. The van der Waals surface area contributed by atoms with Gasteiger partial charge in [-0.25, -0.2) is 0 Å². The van der Waals surface area contributed by atoms with E-state index in [1.807, 2.05) is 42.5 Å². The number of rotatable bonds is 5. The van der Waals surface area contributed by atoms with Crippen LogP contribution in [0.1, 0.15) is 12.1 Å². The molecule has 1 aromatic carbocycles. The summed E-state index contributed by atoms with van der Waals surface area (Å²) >= 11 is 5.37. The summed E-state index contributed by atoms with van der Waals surface area (Å²) in [6.45, 7) is 0.746. The van der Waals surface area contributed by atoms with E-state index in [2.05, 4.69) is 14.6 Å². The molecule has 3 aromatic heterocycles. The third kappa shape index (κ3) is 3.25. The van der Waals surface area contributed by atoms with Gasteiger partial charge in [-0.3, -0.25) is 19.4 Å². The Labute approximate surface area is 172 Å². The van der Waals surface area contributed by atoms with E-state index in [9.17, 15) is 4.79 Å². The van der Waals surface area contributed by atoms with Crippen LogP contribution in [0.3, 0.4) is 0 Å². The Bertz CT molecular complexity index is 1220. The molecule has 6 nitrogen and oxygen atoms in total. The van der Waals surface area contributed by atoms with Crippen LogP contribution in [0.25, 0.3) is 33.4 Å². The Morgan fingerprint density at radius 2 is 2.07 bits per heavy atom. The molecule has 0 saturated heterocycles. The molecule has 0 amide bonds. The summed E-state index contributed by atoms with van der Waals surface area (Å²) < 4.78 is 7.52. The molecule has 29 heavy (non-hydrogen) atoms. The first kappa shape index (κ1) is 17.8. The number of hydrogen-bond donors (Lipinski definition) is 0. The summed E-state index contributed by atoms with van der Waals surface area (Å²) in [6, 6.07) is 13.5. The number of fused-ring (bicyclic) bond motifs is 2. The Balaban J connectivity index is 1.67. The summed E-state index contributed by atoms with van der Waals surface area (Å²) in [5.41, 5.74) is 5.94. The number of nitrogens with zero attached hydrogens (tertiary/aromatic N) is 4. The second-order valence-corrected chi connectivity index (χ2v) is 7.31. The van der Waals surface area contributed by atoms with E-state index >= 15 is 0 Å². The van der Waals surface area contributed by atoms with Crippen LogP contribution in [0.5, 0.6) is 5.75 Å². The van der Waals surface area contributed by atoms with Crippen LogP contribution < -0.4 is 4.74 Å². The average molecular weight is 405 g/mol. The number of carbonyl (C=O) groups excluding carboxylic acids is 1. The summed E-state index contributed by atoms with van der Waals surface area (Å²) in [4.78, 5) is 20.0. The maximum atomic E-state index is 11.0. The largest absolute Gasteiger partial charge is 0.484 e. The highest BCUT2D eigenvalue weighted by Crippen LogP contribution is 2.40. The summed E-state index contributed by atoms with van der Waals surface area (Å²) in [5, 5.41) is 5.33. The average Bonchev–Trinajstić information content (AvgIpc) is 3.33. The predicted molar refractivity (Wildman–Crippen MR) is 111 cm³/mol. The van der Waals surface area contributed by atoms with Crippen LogP contribution in [-0.2, 0) is 17.8 Å². The third-order valence-corrected chi connectivity index (χ3v) is 5.19. The monoisotopic (exact) mass is 404 g/mol. The molecule has 1 aliphatic heterocycles. The van der Waals surface area contributed by atoms with Crippen molar-refractivity contribution in [2.24, 2.45) is 0 Å². The minimum Gasteiger partial charge on any atom is -0.484 e. The van der Waals surface area contributed by atoms with Gasteiger partial charge >= 0.3 is 0 Å². The van der Waals surface area contributed by atoms with Crippen molar-refractivity contribution >= 4 is 27.7 Å². The molecule has 4 aromatic rings. The SMILES string of the molecule is O=C(Cl)COc1ccc2c(-c3c(-c4ccccn4)nn4c3CCC4)ccnc2c1. The molecule has 0 unspecified atom stereocenters. The van der Waals surface area contributed by atoms with Crippen molar-refractivity contribution in [2.45, 2.75) is 19.4 Å². The van der Waals surface area contributed by atoms with Gasteiger partial charge in [0, 0.05) is 41.6 Å². The van der Waals surface area contributed by atoms with E-state index < -0.39 is 5.24 Å². The Kier molecular flexibility index (Phi) is 4.48. The Morgan fingerprint density at radius 3 is 2.90 bits per heavy atom. The number of hydrogen-bond acceptors (Lipinski definition) is 5. The first-order valence-corrected chi connectivity index (χ1v) is 9.80. The zero-order chi connectivity index (χ0) is 19.8. The molecule has 0 saturated carbocycles. The minimum absolute atomic E-state index is 0.173. The molecule has 7 heteroatoms. The van der Waals surface area contributed by atoms with Crippen LogP contribution in [0.4, 0.5) is 0 Å². The van der Waals surface area contributed by atoms with Gasteiger partial charge < -0.3 is 4.74 Å². The molecule has 0 fully saturated rings. The van der Waals surface area contributed by atoms with Crippen molar-refractivity contribution in [3.8, 4) is 28.3 Å². The number of halogens is 1. The number of benzene rings is 1. The zero-order valence-corrected chi connectivity index (χ0v) is 16.3.